The summed E-state index contributed by atoms with van der Waals surface area (Å²) in [5.41, 5.74) is 6.76. The van der Waals surface area contributed by atoms with Crippen molar-refractivity contribution in [2.75, 3.05) is 0 Å². The van der Waals surface area contributed by atoms with Gasteiger partial charge in [-0.25, -0.2) is 0 Å². The van der Waals surface area contributed by atoms with Crippen molar-refractivity contribution in [2.24, 2.45) is 5.92 Å². The van der Waals surface area contributed by atoms with Crippen molar-refractivity contribution in [3.05, 3.63) is 113 Å². The van der Waals surface area contributed by atoms with Gasteiger partial charge in [-0.2, -0.15) is 9.78 Å². The lowest BCUT2D eigenvalue weighted by Gasteiger charge is -2.28. The van der Waals surface area contributed by atoms with Gasteiger partial charge >= 0.3 is 0 Å². The Morgan fingerprint density at radius 3 is 1.94 bits per heavy atom. The molecule has 5 rings (SSSR count). The number of carbonyl (C=O) groups excluding carboxylic acids is 1. The molecule has 35 heavy (non-hydrogen) atoms. The van der Waals surface area contributed by atoms with Gasteiger partial charge in [-0.15, -0.1) is 0 Å². The van der Waals surface area contributed by atoms with E-state index in [1.807, 2.05) is 54.6 Å². The van der Waals surface area contributed by atoms with Gasteiger partial charge in [-0.1, -0.05) is 112 Å². The first-order valence-corrected chi connectivity index (χ1v) is 12.9. The maximum absolute atomic E-state index is 14.1. The summed E-state index contributed by atoms with van der Waals surface area (Å²) in [6.45, 7) is 6.83. The smallest absolute Gasteiger partial charge is 0.248 e. The molecule has 2 atom stereocenters. The van der Waals surface area contributed by atoms with Gasteiger partial charge in [-0.3, -0.25) is 4.79 Å². The number of hydrogen-bond acceptors (Lipinski definition) is 2. The van der Waals surface area contributed by atoms with Gasteiger partial charge in [0, 0.05) is 29.4 Å². The van der Waals surface area contributed by atoms with Crippen LogP contribution < -0.4 is 0 Å². The van der Waals surface area contributed by atoms with Gasteiger partial charge < -0.3 is 0 Å². The third-order valence-electron chi connectivity index (χ3n) is 7.58. The molecule has 3 heteroatoms. The second-order valence-corrected chi connectivity index (χ2v) is 10.2. The third-order valence-corrected chi connectivity index (χ3v) is 7.58. The van der Waals surface area contributed by atoms with E-state index in [2.05, 4.69) is 57.2 Å². The van der Waals surface area contributed by atoms with Crippen molar-refractivity contribution < 1.29 is 4.79 Å². The Hall–Kier alpha value is -3.46. The number of hydrogen-bond donors (Lipinski definition) is 0. The SMILES string of the molecule is CC(C)[C@@H]1CC[C@H](C)c2c1nn(C(=O)CC(c1ccccc1)c1ccccc1)c2-c1ccccc1. The Balaban J connectivity index is 1.62. The lowest BCUT2D eigenvalue weighted by molar-refractivity contribution is 0.0882. The molecule has 4 aromatic rings. The summed E-state index contributed by atoms with van der Waals surface area (Å²) in [6.07, 6.45) is 2.63. The number of carbonyl (C=O) groups is 1. The lowest BCUT2D eigenvalue weighted by atomic mass is 9.75. The predicted octanol–water partition coefficient (Wildman–Crippen LogP) is 8.05. The van der Waals surface area contributed by atoms with Gasteiger partial charge in [0.2, 0.25) is 5.91 Å². The lowest BCUT2D eigenvalue weighted by Crippen LogP contribution is -2.19. The molecule has 0 saturated carbocycles. The number of fused-ring (bicyclic) bond motifs is 1. The summed E-state index contributed by atoms with van der Waals surface area (Å²) in [7, 11) is 0. The minimum atomic E-state index is -0.0203. The van der Waals surface area contributed by atoms with Crippen LogP contribution >= 0.6 is 0 Å². The van der Waals surface area contributed by atoms with E-state index in [4.69, 9.17) is 5.10 Å². The number of rotatable bonds is 6. The predicted molar refractivity (Wildman–Crippen MR) is 143 cm³/mol. The summed E-state index contributed by atoms with van der Waals surface area (Å²) >= 11 is 0. The Morgan fingerprint density at radius 1 is 0.857 bits per heavy atom. The number of nitrogens with zero attached hydrogens (tertiary/aromatic N) is 2. The van der Waals surface area contributed by atoms with E-state index in [0.29, 0.717) is 24.2 Å². The zero-order valence-electron chi connectivity index (χ0n) is 20.9. The molecule has 0 N–H and O–H groups in total. The van der Waals surface area contributed by atoms with Gasteiger partial charge in [0.1, 0.15) is 0 Å². The molecule has 3 aromatic carbocycles. The molecule has 0 aliphatic heterocycles. The molecular formula is C32H34N2O. The van der Waals surface area contributed by atoms with E-state index >= 15 is 0 Å². The van der Waals surface area contributed by atoms with Crippen LogP contribution in [0.1, 0.15) is 85.0 Å². The largest absolute Gasteiger partial charge is 0.273 e. The van der Waals surface area contributed by atoms with E-state index < -0.39 is 0 Å². The van der Waals surface area contributed by atoms with E-state index in [1.54, 1.807) is 4.68 Å². The maximum Gasteiger partial charge on any atom is 0.248 e. The summed E-state index contributed by atoms with van der Waals surface area (Å²) in [6, 6.07) is 31.1. The second kappa shape index (κ2) is 10.0. The highest BCUT2D eigenvalue weighted by Crippen LogP contribution is 2.46. The fraction of sp³-hybridized carbons (Fsp3) is 0.312. The molecule has 0 bridgehead atoms. The first-order chi connectivity index (χ1) is 17.0. The van der Waals surface area contributed by atoms with Crippen molar-refractivity contribution in [1.82, 2.24) is 9.78 Å². The first-order valence-electron chi connectivity index (χ1n) is 12.9. The number of aromatic nitrogens is 2. The number of benzene rings is 3. The van der Waals surface area contributed by atoms with Crippen LogP contribution in [0.25, 0.3) is 11.3 Å². The van der Waals surface area contributed by atoms with Crippen LogP contribution in [0.2, 0.25) is 0 Å². The average Bonchev–Trinajstić information content (AvgIpc) is 3.30. The first kappa shape index (κ1) is 23.3. The summed E-state index contributed by atoms with van der Waals surface area (Å²) in [5, 5.41) is 5.09. The van der Waals surface area contributed by atoms with Crippen LogP contribution in [0.3, 0.4) is 0 Å². The average molecular weight is 463 g/mol. The Kier molecular flexibility index (Phi) is 6.68. The zero-order chi connectivity index (χ0) is 24.4. The van der Waals surface area contributed by atoms with E-state index in [0.717, 1.165) is 40.9 Å². The molecule has 1 heterocycles. The zero-order valence-corrected chi connectivity index (χ0v) is 20.9. The normalized spacial score (nSPS) is 17.5. The highest BCUT2D eigenvalue weighted by atomic mass is 16.2. The van der Waals surface area contributed by atoms with Gasteiger partial charge in [0.05, 0.1) is 11.4 Å². The molecule has 0 saturated heterocycles. The minimum Gasteiger partial charge on any atom is -0.273 e. The Morgan fingerprint density at radius 2 is 1.40 bits per heavy atom. The Bertz CT molecular complexity index is 1240. The molecule has 0 fully saturated rings. The molecule has 1 aliphatic rings. The van der Waals surface area contributed by atoms with Crippen molar-refractivity contribution in [3.8, 4) is 11.3 Å². The topological polar surface area (TPSA) is 34.9 Å². The molecule has 0 unspecified atom stereocenters. The van der Waals surface area contributed by atoms with Gasteiger partial charge in [0.15, 0.2) is 0 Å². The van der Waals surface area contributed by atoms with Crippen molar-refractivity contribution in [1.29, 1.82) is 0 Å². The van der Waals surface area contributed by atoms with Crippen LogP contribution in [0.5, 0.6) is 0 Å². The van der Waals surface area contributed by atoms with Gasteiger partial charge in [-0.05, 0) is 35.8 Å². The standard InChI is InChI=1S/C32H34N2O/c1-22(2)27-20-19-23(3)30-31(27)33-34(32(30)26-17-11-6-12-18-26)29(35)21-28(24-13-7-4-8-14-24)25-15-9-5-10-16-25/h4-18,22-23,27-28H,19-21H2,1-3H3/t23-,27-/m0/s1. The highest BCUT2D eigenvalue weighted by molar-refractivity contribution is 5.86. The van der Waals surface area contributed by atoms with E-state index in [-0.39, 0.29) is 11.8 Å². The van der Waals surface area contributed by atoms with Crippen LogP contribution in [0.15, 0.2) is 91.0 Å². The molecule has 0 radical (unpaired) electrons. The van der Waals surface area contributed by atoms with E-state index in [9.17, 15) is 4.79 Å². The molecular weight excluding hydrogens is 428 g/mol. The summed E-state index contributed by atoms with van der Waals surface area (Å²) < 4.78 is 1.75. The monoisotopic (exact) mass is 462 g/mol. The highest BCUT2D eigenvalue weighted by Gasteiger charge is 2.35. The van der Waals surface area contributed by atoms with Crippen LogP contribution in [-0.4, -0.2) is 15.7 Å². The maximum atomic E-state index is 14.1. The molecule has 178 valence electrons. The fourth-order valence-electron chi connectivity index (χ4n) is 5.68. The van der Waals surface area contributed by atoms with Crippen LogP contribution in [0, 0.1) is 5.92 Å². The van der Waals surface area contributed by atoms with Crippen molar-refractivity contribution in [3.63, 3.8) is 0 Å². The quantitative estimate of drug-likeness (QED) is 0.290. The fourth-order valence-corrected chi connectivity index (χ4v) is 5.68. The van der Waals surface area contributed by atoms with Crippen LogP contribution in [0.4, 0.5) is 0 Å². The molecule has 3 nitrogen and oxygen atoms in total. The summed E-state index contributed by atoms with van der Waals surface area (Å²) in [5.74, 6) is 1.29. The molecule has 0 spiro atoms. The molecule has 0 amide bonds. The van der Waals surface area contributed by atoms with Crippen LogP contribution in [-0.2, 0) is 0 Å². The second-order valence-electron chi connectivity index (χ2n) is 10.2. The van der Waals surface area contributed by atoms with Gasteiger partial charge in [0.25, 0.3) is 0 Å². The molecule has 1 aliphatic carbocycles. The van der Waals surface area contributed by atoms with E-state index in [1.165, 1.54) is 5.56 Å². The van der Waals surface area contributed by atoms with Crippen molar-refractivity contribution >= 4 is 5.91 Å². The summed E-state index contributed by atoms with van der Waals surface area (Å²) in [4.78, 5) is 14.1. The Labute approximate surface area is 208 Å². The van der Waals surface area contributed by atoms with Crippen molar-refractivity contribution in [2.45, 2.75) is 57.8 Å². The third kappa shape index (κ3) is 4.60. The minimum absolute atomic E-state index is 0.0203. The molecule has 1 aromatic heterocycles.